The van der Waals surface area contributed by atoms with Gasteiger partial charge < -0.3 is 14.8 Å². The number of hydrogen-bond donors (Lipinski definition) is 1. The second-order valence-corrected chi connectivity index (χ2v) is 6.41. The number of benzene rings is 1. The van der Waals surface area contributed by atoms with Crippen LogP contribution < -0.4 is 5.32 Å². The minimum Gasteiger partial charge on any atom is -0.333 e. The summed E-state index contributed by atoms with van der Waals surface area (Å²) in [7, 11) is 0. The molecule has 0 spiro atoms. The number of nitrogens with zero attached hydrogens (tertiary/aromatic N) is 3. The van der Waals surface area contributed by atoms with Crippen LogP contribution in [0.2, 0.25) is 5.02 Å². The van der Waals surface area contributed by atoms with Crippen LogP contribution in [-0.4, -0.2) is 33.6 Å². The number of carbonyl (C=O) groups excluding carboxylic acids is 1. The predicted molar refractivity (Wildman–Crippen MR) is 90.5 cm³/mol. The maximum atomic E-state index is 12.5. The molecule has 0 bridgehead atoms. The Morgan fingerprint density at radius 3 is 2.87 bits per heavy atom. The highest BCUT2D eigenvalue weighted by atomic mass is 35.5. The molecule has 2 atom stereocenters. The van der Waals surface area contributed by atoms with Crippen LogP contribution in [0, 0.1) is 0 Å². The molecule has 0 saturated carbocycles. The first-order chi connectivity index (χ1) is 11.1. The molecular weight excluding hydrogens is 312 g/mol. The van der Waals surface area contributed by atoms with Gasteiger partial charge in [-0.3, -0.25) is 0 Å². The van der Waals surface area contributed by atoms with Gasteiger partial charge in [0.1, 0.15) is 0 Å². The van der Waals surface area contributed by atoms with Crippen molar-refractivity contribution < 1.29 is 4.79 Å². The third kappa shape index (κ3) is 3.85. The summed E-state index contributed by atoms with van der Waals surface area (Å²) in [5, 5.41) is 3.77. The lowest BCUT2D eigenvalue weighted by atomic mass is 10.1. The standard InChI is InChI=1S/C17H21ClN4O/c1-13(14-4-6-15(18)7-5-14)20-17(23)21-9-2-3-16(11-21)22-10-8-19-12-22/h4-8,10,12-13,16H,2-3,9,11H2,1H3,(H,20,23). The van der Waals surface area contributed by atoms with Crippen molar-refractivity contribution >= 4 is 17.6 Å². The van der Waals surface area contributed by atoms with Gasteiger partial charge in [0.15, 0.2) is 0 Å². The van der Waals surface area contributed by atoms with Gasteiger partial charge in [-0.15, -0.1) is 0 Å². The highest BCUT2D eigenvalue weighted by Gasteiger charge is 2.25. The molecule has 122 valence electrons. The van der Waals surface area contributed by atoms with Crippen LogP contribution in [-0.2, 0) is 0 Å². The Bertz CT molecular complexity index is 641. The Hall–Kier alpha value is -2.01. The summed E-state index contributed by atoms with van der Waals surface area (Å²) in [6.45, 7) is 3.50. The molecule has 1 aliphatic rings. The molecule has 1 N–H and O–H groups in total. The van der Waals surface area contributed by atoms with Gasteiger partial charge >= 0.3 is 6.03 Å². The van der Waals surface area contributed by atoms with Gasteiger partial charge in [-0.25, -0.2) is 9.78 Å². The van der Waals surface area contributed by atoms with E-state index in [2.05, 4.69) is 14.9 Å². The van der Waals surface area contributed by atoms with Crippen LogP contribution >= 0.6 is 11.6 Å². The monoisotopic (exact) mass is 332 g/mol. The Balaban J connectivity index is 1.60. The summed E-state index contributed by atoms with van der Waals surface area (Å²) in [6.07, 6.45) is 7.64. The van der Waals surface area contributed by atoms with Gasteiger partial charge in [-0.05, 0) is 37.5 Å². The molecule has 1 saturated heterocycles. The van der Waals surface area contributed by atoms with Crippen molar-refractivity contribution in [3.63, 3.8) is 0 Å². The minimum atomic E-state index is -0.0478. The number of urea groups is 1. The summed E-state index contributed by atoms with van der Waals surface area (Å²) in [4.78, 5) is 18.5. The van der Waals surface area contributed by atoms with Gasteiger partial charge in [-0.2, -0.15) is 0 Å². The summed E-state index contributed by atoms with van der Waals surface area (Å²) < 4.78 is 2.09. The van der Waals surface area contributed by atoms with Crippen molar-refractivity contribution in [3.05, 3.63) is 53.6 Å². The lowest BCUT2D eigenvalue weighted by Crippen LogP contribution is -2.46. The highest BCUT2D eigenvalue weighted by Crippen LogP contribution is 2.22. The first-order valence-electron chi connectivity index (χ1n) is 7.92. The molecule has 0 radical (unpaired) electrons. The first kappa shape index (κ1) is 15.9. The van der Waals surface area contributed by atoms with E-state index in [0.29, 0.717) is 11.1 Å². The van der Waals surface area contributed by atoms with Gasteiger partial charge in [0, 0.05) is 30.5 Å². The van der Waals surface area contributed by atoms with Crippen molar-refractivity contribution in [2.75, 3.05) is 13.1 Å². The molecule has 1 aliphatic heterocycles. The van der Waals surface area contributed by atoms with Gasteiger partial charge in [0.25, 0.3) is 0 Å². The van der Waals surface area contributed by atoms with E-state index in [0.717, 1.165) is 31.5 Å². The zero-order valence-corrected chi connectivity index (χ0v) is 13.9. The topological polar surface area (TPSA) is 50.2 Å². The number of aromatic nitrogens is 2. The molecule has 1 aromatic carbocycles. The number of rotatable bonds is 3. The van der Waals surface area contributed by atoms with Crippen molar-refractivity contribution in [1.82, 2.24) is 19.8 Å². The normalized spacial score (nSPS) is 19.4. The van der Waals surface area contributed by atoms with Crippen molar-refractivity contribution in [2.45, 2.75) is 31.8 Å². The third-order valence-electron chi connectivity index (χ3n) is 4.34. The Kier molecular flexibility index (Phi) is 4.86. The number of imidazole rings is 1. The number of likely N-dealkylation sites (tertiary alicyclic amines) is 1. The molecule has 6 heteroatoms. The van der Waals surface area contributed by atoms with Crippen LogP contribution in [0.5, 0.6) is 0 Å². The largest absolute Gasteiger partial charge is 0.333 e. The van der Waals surface area contributed by atoms with Crippen molar-refractivity contribution in [2.24, 2.45) is 0 Å². The molecule has 1 aromatic heterocycles. The van der Waals surface area contributed by atoms with E-state index >= 15 is 0 Å². The second-order valence-electron chi connectivity index (χ2n) is 5.97. The van der Waals surface area contributed by atoms with E-state index in [4.69, 9.17) is 11.6 Å². The Labute approximate surface area is 141 Å². The van der Waals surface area contributed by atoms with E-state index in [1.165, 1.54) is 0 Å². The maximum Gasteiger partial charge on any atom is 0.317 e. The summed E-state index contributed by atoms with van der Waals surface area (Å²) >= 11 is 5.91. The van der Waals surface area contributed by atoms with Crippen LogP contribution in [0.4, 0.5) is 4.79 Å². The fourth-order valence-electron chi connectivity index (χ4n) is 2.98. The van der Waals surface area contributed by atoms with Crippen LogP contribution in [0.15, 0.2) is 43.0 Å². The molecule has 2 unspecified atom stereocenters. The molecule has 5 nitrogen and oxygen atoms in total. The lowest BCUT2D eigenvalue weighted by Gasteiger charge is -2.34. The molecule has 23 heavy (non-hydrogen) atoms. The fourth-order valence-corrected chi connectivity index (χ4v) is 3.11. The lowest BCUT2D eigenvalue weighted by molar-refractivity contribution is 0.164. The van der Waals surface area contributed by atoms with E-state index in [1.807, 2.05) is 48.6 Å². The zero-order valence-electron chi connectivity index (χ0n) is 13.2. The van der Waals surface area contributed by atoms with E-state index < -0.39 is 0 Å². The van der Waals surface area contributed by atoms with Gasteiger partial charge in [0.2, 0.25) is 0 Å². The van der Waals surface area contributed by atoms with E-state index in [1.54, 1.807) is 6.20 Å². The number of halogens is 1. The summed E-state index contributed by atoms with van der Waals surface area (Å²) in [5.74, 6) is 0. The van der Waals surface area contributed by atoms with E-state index in [-0.39, 0.29) is 12.1 Å². The summed E-state index contributed by atoms with van der Waals surface area (Å²) in [6, 6.07) is 7.81. The van der Waals surface area contributed by atoms with Gasteiger partial charge in [0.05, 0.1) is 18.4 Å². The average Bonchev–Trinajstić information content (AvgIpc) is 3.10. The number of nitrogens with one attached hydrogen (secondary N) is 1. The fraction of sp³-hybridized carbons (Fsp3) is 0.412. The number of carbonyl (C=O) groups is 1. The smallest absolute Gasteiger partial charge is 0.317 e. The number of amides is 2. The molecule has 2 aromatic rings. The van der Waals surface area contributed by atoms with Gasteiger partial charge in [-0.1, -0.05) is 23.7 Å². The van der Waals surface area contributed by atoms with E-state index in [9.17, 15) is 4.79 Å². The molecule has 0 aliphatic carbocycles. The Morgan fingerprint density at radius 1 is 1.39 bits per heavy atom. The minimum absolute atomic E-state index is 0.0164. The summed E-state index contributed by atoms with van der Waals surface area (Å²) in [5.41, 5.74) is 1.05. The third-order valence-corrected chi connectivity index (χ3v) is 4.59. The molecular formula is C17H21ClN4O. The highest BCUT2D eigenvalue weighted by molar-refractivity contribution is 6.30. The SMILES string of the molecule is CC(NC(=O)N1CCCC(n2ccnc2)C1)c1ccc(Cl)cc1. The zero-order chi connectivity index (χ0) is 16.2. The first-order valence-corrected chi connectivity index (χ1v) is 8.29. The number of piperidine rings is 1. The molecule has 1 fully saturated rings. The quantitative estimate of drug-likeness (QED) is 0.932. The average molecular weight is 333 g/mol. The van der Waals surface area contributed by atoms with Crippen molar-refractivity contribution in [3.8, 4) is 0 Å². The molecule has 2 heterocycles. The molecule has 3 rings (SSSR count). The maximum absolute atomic E-state index is 12.5. The van der Waals surface area contributed by atoms with Crippen LogP contribution in [0.25, 0.3) is 0 Å². The molecule has 2 amide bonds. The predicted octanol–water partition coefficient (Wildman–Crippen LogP) is 3.64. The Morgan fingerprint density at radius 2 is 2.17 bits per heavy atom. The van der Waals surface area contributed by atoms with Crippen molar-refractivity contribution in [1.29, 1.82) is 0 Å². The second kappa shape index (κ2) is 7.04. The van der Waals surface area contributed by atoms with Crippen LogP contribution in [0.3, 0.4) is 0 Å². The van der Waals surface area contributed by atoms with Crippen LogP contribution in [0.1, 0.15) is 37.4 Å². The number of hydrogen-bond acceptors (Lipinski definition) is 2.